The standard InChI is InChI=1S/C15H19NO2/c1-13-15(2,9-6-10-16-13)18-12-11-17-14-7-4-3-5-8-14/h3-10,13H,11-12H2,1-2H3. The number of rotatable bonds is 5. The van der Waals surface area contributed by atoms with Crippen LogP contribution in [0.4, 0.5) is 0 Å². The van der Waals surface area contributed by atoms with E-state index in [0.29, 0.717) is 13.2 Å². The van der Waals surface area contributed by atoms with E-state index in [1.807, 2.05) is 55.6 Å². The molecule has 0 N–H and O–H groups in total. The van der Waals surface area contributed by atoms with Gasteiger partial charge in [-0.2, -0.15) is 0 Å². The van der Waals surface area contributed by atoms with Crippen LogP contribution in [-0.2, 0) is 4.74 Å². The second kappa shape index (κ2) is 5.83. The van der Waals surface area contributed by atoms with Crippen molar-refractivity contribution < 1.29 is 9.47 Å². The van der Waals surface area contributed by atoms with Gasteiger partial charge in [0, 0.05) is 6.21 Å². The Bertz CT molecular complexity index is 427. The minimum absolute atomic E-state index is 0.138. The van der Waals surface area contributed by atoms with Crippen molar-refractivity contribution in [3.63, 3.8) is 0 Å². The fourth-order valence-electron chi connectivity index (χ4n) is 1.81. The summed E-state index contributed by atoms with van der Waals surface area (Å²) in [6.45, 7) is 5.20. The SMILES string of the molecule is CC1N=CC=CC1(C)OCCOc1ccccc1. The molecule has 0 radical (unpaired) electrons. The number of dihydropyridines is 1. The average molecular weight is 245 g/mol. The first-order valence-electron chi connectivity index (χ1n) is 6.23. The molecule has 0 aromatic heterocycles. The van der Waals surface area contributed by atoms with Crippen molar-refractivity contribution in [3.05, 3.63) is 42.5 Å². The van der Waals surface area contributed by atoms with Crippen molar-refractivity contribution in [2.45, 2.75) is 25.5 Å². The summed E-state index contributed by atoms with van der Waals surface area (Å²) in [6.07, 6.45) is 5.79. The lowest BCUT2D eigenvalue weighted by Crippen LogP contribution is -2.39. The number of aliphatic imine (C=N–C) groups is 1. The summed E-state index contributed by atoms with van der Waals surface area (Å²) in [5, 5.41) is 0. The molecular weight excluding hydrogens is 226 g/mol. The van der Waals surface area contributed by atoms with Gasteiger partial charge in [-0.05, 0) is 38.1 Å². The monoisotopic (exact) mass is 245 g/mol. The molecule has 1 aliphatic heterocycles. The number of allylic oxidation sites excluding steroid dienone is 1. The lowest BCUT2D eigenvalue weighted by molar-refractivity contribution is -0.0216. The summed E-state index contributed by atoms with van der Waals surface area (Å²) in [4.78, 5) is 4.34. The summed E-state index contributed by atoms with van der Waals surface area (Å²) in [5.41, 5.74) is -0.325. The molecule has 18 heavy (non-hydrogen) atoms. The van der Waals surface area contributed by atoms with E-state index in [2.05, 4.69) is 11.9 Å². The maximum atomic E-state index is 5.88. The first-order valence-corrected chi connectivity index (χ1v) is 6.23. The van der Waals surface area contributed by atoms with Crippen molar-refractivity contribution in [2.75, 3.05) is 13.2 Å². The van der Waals surface area contributed by atoms with E-state index in [0.717, 1.165) is 5.75 Å². The van der Waals surface area contributed by atoms with Crippen LogP contribution in [0, 0.1) is 0 Å². The van der Waals surface area contributed by atoms with Gasteiger partial charge in [-0.3, -0.25) is 4.99 Å². The second-order valence-electron chi connectivity index (χ2n) is 4.53. The maximum Gasteiger partial charge on any atom is 0.119 e. The van der Waals surface area contributed by atoms with Gasteiger partial charge in [-0.1, -0.05) is 18.2 Å². The van der Waals surface area contributed by atoms with Crippen molar-refractivity contribution in [3.8, 4) is 5.75 Å². The lowest BCUT2D eigenvalue weighted by Gasteiger charge is -2.32. The molecule has 0 spiro atoms. The molecule has 0 saturated carbocycles. The molecule has 3 heteroatoms. The number of hydrogen-bond acceptors (Lipinski definition) is 3. The van der Waals surface area contributed by atoms with Crippen LogP contribution in [0.5, 0.6) is 5.75 Å². The zero-order valence-electron chi connectivity index (χ0n) is 10.9. The van der Waals surface area contributed by atoms with E-state index < -0.39 is 0 Å². The molecule has 2 atom stereocenters. The molecule has 0 saturated heterocycles. The number of para-hydroxylation sites is 1. The molecule has 1 heterocycles. The average Bonchev–Trinajstić information content (AvgIpc) is 2.40. The second-order valence-corrected chi connectivity index (χ2v) is 4.53. The molecule has 1 aromatic carbocycles. The molecule has 0 aliphatic carbocycles. The fourth-order valence-corrected chi connectivity index (χ4v) is 1.81. The minimum atomic E-state index is -0.325. The van der Waals surface area contributed by atoms with Crippen LogP contribution < -0.4 is 4.74 Å². The van der Waals surface area contributed by atoms with Crippen molar-refractivity contribution >= 4 is 6.21 Å². The zero-order valence-corrected chi connectivity index (χ0v) is 10.9. The predicted molar refractivity (Wildman–Crippen MR) is 73.4 cm³/mol. The molecule has 2 rings (SSSR count). The van der Waals surface area contributed by atoms with Gasteiger partial charge >= 0.3 is 0 Å². The molecular formula is C15H19NO2. The molecule has 0 amide bonds. The largest absolute Gasteiger partial charge is 0.491 e. The predicted octanol–water partition coefficient (Wildman–Crippen LogP) is 2.87. The third-order valence-electron chi connectivity index (χ3n) is 3.16. The first-order chi connectivity index (χ1) is 8.71. The summed E-state index contributed by atoms with van der Waals surface area (Å²) < 4.78 is 11.5. The van der Waals surface area contributed by atoms with Crippen LogP contribution in [0.1, 0.15) is 13.8 Å². The smallest absolute Gasteiger partial charge is 0.119 e. The van der Waals surface area contributed by atoms with E-state index in [1.54, 1.807) is 0 Å². The Morgan fingerprint density at radius 1 is 1.22 bits per heavy atom. The van der Waals surface area contributed by atoms with E-state index in [-0.39, 0.29) is 11.6 Å². The van der Waals surface area contributed by atoms with Gasteiger partial charge in [0.05, 0.1) is 12.6 Å². The maximum absolute atomic E-state index is 5.88. The first kappa shape index (κ1) is 12.8. The van der Waals surface area contributed by atoms with Crippen LogP contribution in [0.15, 0.2) is 47.5 Å². The van der Waals surface area contributed by atoms with E-state index in [9.17, 15) is 0 Å². The van der Waals surface area contributed by atoms with Crippen molar-refractivity contribution in [2.24, 2.45) is 4.99 Å². The van der Waals surface area contributed by atoms with Crippen LogP contribution in [0.25, 0.3) is 0 Å². The minimum Gasteiger partial charge on any atom is -0.491 e. The van der Waals surface area contributed by atoms with E-state index in [1.165, 1.54) is 0 Å². The highest BCUT2D eigenvalue weighted by molar-refractivity contribution is 5.73. The Morgan fingerprint density at radius 2 is 2.00 bits per heavy atom. The third-order valence-corrected chi connectivity index (χ3v) is 3.16. The lowest BCUT2D eigenvalue weighted by atomic mass is 9.96. The van der Waals surface area contributed by atoms with Gasteiger partial charge in [-0.15, -0.1) is 0 Å². The Hall–Kier alpha value is -1.61. The normalized spacial score (nSPS) is 26.2. The Kier molecular flexibility index (Phi) is 4.15. The van der Waals surface area contributed by atoms with Gasteiger partial charge in [0.1, 0.15) is 18.0 Å². The van der Waals surface area contributed by atoms with Crippen LogP contribution in [0.3, 0.4) is 0 Å². The number of ether oxygens (including phenoxy) is 2. The molecule has 0 fully saturated rings. The molecule has 96 valence electrons. The Morgan fingerprint density at radius 3 is 2.72 bits per heavy atom. The summed E-state index contributed by atoms with van der Waals surface area (Å²) in [7, 11) is 0. The Labute approximate surface area is 108 Å². The summed E-state index contributed by atoms with van der Waals surface area (Å²) in [5.74, 6) is 0.872. The molecule has 1 aliphatic rings. The van der Waals surface area contributed by atoms with Crippen LogP contribution in [-0.4, -0.2) is 31.1 Å². The number of hydrogen-bond donors (Lipinski definition) is 0. The third kappa shape index (κ3) is 3.20. The quantitative estimate of drug-likeness (QED) is 0.747. The molecule has 3 nitrogen and oxygen atoms in total. The number of nitrogens with zero attached hydrogens (tertiary/aromatic N) is 1. The van der Waals surface area contributed by atoms with Crippen LogP contribution in [0.2, 0.25) is 0 Å². The highest BCUT2D eigenvalue weighted by Gasteiger charge is 2.30. The Balaban J connectivity index is 1.76. The highest BCUT2D eigenvalue weighted by Crippen LogP contribution is 2.22. The van der Waals surface area contributed by atoms with Gasteiger partial charge in [0.15, 0.2) is 0 Å². The van der Waals surface area contributed by atoms with Gasteiger partial charge < -0.3 is 9.47 Å². The topological polar surface area (TPSA) is 30.8 Å². The zero-order chi connectivity index (χ0) is 12.8. The molecule has 1 aromatic rings. The highest BCUT2D eigenvalue weighted by atomic mass is 16.5. The van der Waals surface area contributed by atoms with Crippen LogP contribution >= 0.6 is 0 Å². The number of benzene rings is 1. The molecule has 0 bridgehead atoms. The van der Waals surface area contributed by atoms with E-state index >= 15 is 0 Å². The van der Waals surface area contributed by atoms with Gasteiger partial charge in [0.2, 0.25) is 0 Å². The summed E-state index contributed by atoms with van der Waals surface area (Å²) in [6, 6.07) is 9.90. The van der Waals surface area contributed by atoms with Gasteiger partial charge in [0.25, 0.3) is 0 Å². The van der Waals surface area contributed by atoms with E-state index in [4.69, 9.17) is 9.47 Å². The van der Waals surface area contributed by atoms with Crippen molar-refractivity contribution in [1.29, 1.82) is 0 Å². The van der Waals surface area contributed by atoms with Crippen molar-refractivity contribution in [1.82, 2.24) is 0 Å². The summed E-state index contributed by atoms with van der Waals surface area (Å²) >= 11 is 0. The fraction of sp³-hybridized carbons (Fsp3) is 0.400. The molecule has 2 unspecified atom stereocenters. The van der Waals surface area contributed by atoms with Gasteiger partial charge in [-0.25, -0.2) is 0 Å².